The molecule has 0 aliphatic carbocycles. The smallest absolute Gasteiger partial charge is 0.263 e. The van der Waals surface area contributed by atoms with Crippen LogP contribution in [0.4, 0.5) is 0 Å². The van der Waals surface area contributed by atoms with E-state index in [1.54, 1.807) is 27.5 Å². The third-order valence-electron chi connectivity index (χ3n) is 5.42. The van der Waals surface area contributed by atoms with Gasteiger partial charge < -0.3 is 4.90 Å². The predicted molar refractivity (Wildman–Crippen MR) is 120 cm³/mol. The first-order chi connectivity index (χ1) is 14.9. The Hall–Kier alpha value is -2.66. The molecule has 1 aromatic carbocycles. The van der Waals surface area contributed by atoms with Crippen LogP contribution in [0, 0.1) is 0 Å². The Balaban J connectivity index is 1.66. The fourth-order valence-electron chi connectivity index (χ4n) is 3.99. The number of benzene rings is 1. The Labute approximate surface area is 183 Å². The van der Waals surface area contributed by atoms with E-state index in [1.807, 2.05) is 19.1 Å². The largest absolute Gasteiger partial charge is 0.338 e. The van der Waals surface area contributed by atoms with E-state index in [1.165, 1.54) is 16.3 Å². The van der Waals surface area contributed by atoms with Gasteiger partial charge in [-0.05, 0) is 25.5 Å². The summed E-state index contributed by atoms with van der Waals surface area (Å²) in [7, 11) is -3.08. The van der Waals surface area contributed by atoms with Crippen LogP contribution in [-0.4, -0.2) is 68.2 Å². The third-order valence-corrected chi connectivity index (χ3v) is 8.09. The minimum absolute atomic E-state index is 0.0174. The molecule has 0 spiro atoms. The highest BCUT2D eigenvalue weighted by molar-refractivity contribution is 7.99. The van der Waals surface area contributed by atoms with Gasteiger partial charge in [-0.1, -0.05) is 30.0 Å². The number of fused-ring (bicyclic) bond motifs is 3. The molecule has 3 aromatic rings. The van der Waals surface area contributed by atoms with Crippen LogP contribution < -0.4 is 5.56 Å². The van der Waals surface area contributed by atoms with Crippen LogP contribution in [0.25, 0.3) is 16.7 Å². The fraction of sp³-hybridized carbons (Fsp3) is 0.400. The number of hydrogen-bond acceptors (Lipinski definition) is 7. The Morgan fingerprint density at radius 1 is 1.35 bits per heavy atom. The molecule has 1 aliphatic rings. The molecule has 0 radical (unpaired) electrons. The van der Waals surface area contributed by atoms with Gasteiger partial charge in [-0.3, -0.25) is 18.6 Å². The molecule has 1 unspecified atom stereocenters. The molecule has 0 N–H and O–H groups in total. The van der Waals surface area contributed by atoms with E-state index in [4.69, 9.17) is 0 Å². The summed E-state index contributed by atoms with van der Waals surface area (Å²) < 4.78 is 26.9. The van der Waals surface area contributed by atoms with Gasteiger partial charge >= 0.3 is 0 Å². The van der Waals surface area contributed by atoms with Gasteiger partial charge in [0.15, 0.2) is 15.0 Å². The average Bonchev–Trinajstić information content (AvgIpc) is 3.33. The molecule has 2 aromatic heterocycles. The Morgan fingerprint density at radius 2 is 2.13 bits per heavy atom. The standard InChI is InChI=1S/C20H23N5O4S2/c1-3-10-24-18(27)15-7-5-6-8-16(15)25-19(24)21-22-20(25)30-12-17(26)23(4-2)14-9-11-31(28,29)13-14/h3,5-8,14H,1,4,9-13H2,2H3. The second-order valence-corrected chi connectivity index (χ2v) is 10.5. The monoisotopic (exact) mass is 461 g/mol. The first-order valence-electron chi connectivity index (χ1n) is 9.96. The number of sulfone groups is 1. The van der Waals surface area contributed by atoms with Gasteiger partial charge in [0.2, 0.25) is 11.7 Å². The maximum atomic E-state index is 12.9. The summed E-state index contributed by atoms with van der Waals surface area (Å²) in [5.74, 6) is 0.475. The molecule has 11 heteroatoms. The maximum absolute atomic E-state index is 12.9. The highest BCUT2D eigenvalue weighted by atomic mass is 32.2. The lowest BCUT2D eigenvalue weighted by Crippen LogP contribution is -2.42. The van der Waals surface area contributed by atoms with Crippen LogP contribution in [-0.2, 0) is 21.2 Å². The van der Waals surface area contributed by atoms with E-state index in [0.717, 1.165) is 0 Å². The number of rotatable bonds is 7. The maximum Gasteiger partial charge on any atom is 0.263 e. The molecule has 1 fully saturated rings. The molecule has 31 heavy (non-hydrogen) atoms. The van der Waals surface area contributed by atoms with Crippen molar-refractivity contribution < 1.29 is 13.2 Å². The number of hydrogen-bond donors (Lipinski definition) is 0. The third kappa shape index (κ3) is 3.99. The van der Waals surface area contributed by atoms with Crippen LogP contribution >= 0.6 is 11.8 Å². The predicted octanol–water partition coefficient (Wildman–Crippen LogP) is 1.36. The summed E-state index contributed by atoms with van der Waals surface area (Å²) in [6.45, 7) is 6.29. The molecule has 3 heterocycles. The van der Waals surface area contributed by atoms with Crippen molar-refractivity contribution in [2.75, 3.05) is 23.8 Å². The number of thioether (sulfide) groups is 1. The van der Waals surface area contributed by atoms with E-state index in [-0.39, 0.29) is 41.3 Å². The second kappa shape index (κ2) is 8.46. The molecule has 0 saturated carbocycles. The van der Waals surface area contributed by atoms with Gasteiger partial charge in [-0.15, -0.1) is 16.8 Å². The van der Waals surface area contributed by atoms with Crippen molar-refractivity contribution >= 4 is 44.2 Å². The van der Waals surface area contributed by atoms with Crippen molar-refractivity contribution in [1.29, 1.82) is 0 Å². The lowest BCUT2D eigenvalue weighted by Gasteiger charge is -2.26. The SMILES string of the molecule is C=CCn1c(=O)c2ccccc2n2c(SCC(=O)N(CC)C3CCS(=O)(=O)C3)nnc12. The van der Waals surface area contributed by atoms with Crippen LogP contribution in [0.3, 0.4) is 0 Å². The molecule has 4 rings (SSSR count). The number of carbonyl (C=O) groups is 1. The van der Waals surface area contributed by atoms with Crippen molar-refractivity contribution in [3.05, 3.63) is 47.3 Å². The van der Waals surface area contributed by atoms with Gasteiger partial charge in [0.05, 0.1) is 28.2 Å². The van der Waals surface area contributed by atoms with Crippen molar-refractivity contribution in [1.82, 2.24) is 24.1 Å². The molecule has 9 nitrogen and oxygen atoms in total. The minimum Gasteiger partial charge on any atom is -0.338 e. The molecular formula is C20H23N5O4S2. The molecule has 1 amide bonds. The molecular weight excluding hydrogens is 438 g/mol. The minimum atomic E-state index is -3.08. The van der Waals surface area contributed by atoms with Crippen LogP contribution in [0.5, 0.6) is 0 Å². The first kappa shape index (κ1) is 21.6. The van der Waals surface area contributed by atoms with Gasteiger partial charge in [-0.25, -0.2) is 8.42 Å². The Kier molecular flexibility index (Phi) is 5.89. The first-order valence-corrected chi connectivity index (χ1v) is 12.8. The van der Waals surface area contributed by atoms with Crippen LogP contribution in [0.2, 0.25) is 0 Å². The Morgan fingerprint density at radius 3 is 2.81 bits per heavy atom. The number of amides is 1. The van der Waals surface area contributed by atoms with E-state index in [0.29, 0.717) is 34.8 Å². The summed E-state index contributed by atoms with van der Waals surface area (Å²) in [5, 5.41) is 9.43. The van der Waals surface area contributed by atoms with Gasteiger partial charge in [0.1, 0.15) is 0 Å². The molecule has 1 saturated heterocycles. The van der Waals surface area contributed by atoms with Gasteiger partial charge in [0, 0.05) is 19.1 Å². The van der Waals surface area contributed by atoms with Crippen LogP contribution in [0.15, 0.2) is 46.9 Å². The molecule has 1 atom stereocenters. The van der Waals surface area contributed by atoms with Crippen LogP contribution in [0.1, 0.15) is 13.3 Å². The summed E-state index contributed by atoms with van der Waals surface area (Å²) >= 11 is 1.22. The topological polar surface area (TPSA) is 107 Å². The number of nitrogens with zero attached hydrogens (tertiary/aromatic N) is 5. The molecule has 0 bridgehead atoms. The van der Waals surface area contributed by atoms with Crippen molar-refractivity contribution in [2.24, 2.45) is 0 Å². The summed E-state index contributed by atoms with van der Waals surface area (Å²) in [6, 6.07) is 6.91. The van der Waals surface area contributed by atoms with Crippen molar-refractivity contribution in [3.63, 3.8) is 0 Å². The van der Waals surface area contributed by atoms with Gasteiger partial charge in [-0.2, -0.15) is 0 Å². The zero-order valence-electron chi connectivity index (χ0n) is 17.1. The number of carbonyl (C=O) groups excluding carboxylic acids is 1. The zero-order valence-corrected chi connectivity index (χ0v) is 18.7. The highest BCUT2D eigenvalue weighted by Crippen LogP contribution is 2.24. The average molecular weight is 462 g/mol. The van der Waals surface area contributed by atoms with Crippen molar-refractivity contribution in [3.8, 4) is 0 Å². The van der Waals surface area contributed by atoms with E-state index in [9.17, 15) is 18.0 Å². The zero-order chi connectivity index (χ0) is 22.2. The summed E-state index contributed by atoms with van der Waals surface area (Å²) in [4.78, 5) is 27.4. The lowest BCUT2D eigenvalue weighted by atomic mass is 10.2. The fourth-order valence-corrected chi connectivity index (χ4v) is 6.55. The second-order valence-electron chi connectivity index (χ2n) is 7.36. The number of para-hydroxylation sites is 1. The summed E-state index contributed by atoms with van der Waals surface area (Å²) in [5.41, 5.74) is 0.486. The molecule has 164 valence electrons. The number of allylic oxidation sites excluding steroid dienone is 1. The van der Waals surface area contributed by atoms with E-state index >= 15 is 0 Å². The molecule has 1 aliphatic heterocycles. The summed E-state index contributed by atoms with van der Waals surface area (Å²) in [6.07, 6.45) is 2.09. The Bertz CT molecular complexity index is 1330. The van der Waals surface area contributed by atoms with E-state index in [2.05, 4.69) is 16.8 Å². The number of aromatic nitrogens is 4. The lowest BCUT2D eigenvalue weighted by molar-refractivity contribution is -0.129. The van der Waals surface area contributed by atoms with Crippen molar-refractivity contribution in [2.45, 2.75) is 31.1 Å². The quantitative estimate of drug-likeness (QED) is 0.386. The van der Waals surface area contributed by atoms with Gasteiger partial charge in [0.25, 0.3) is 5.56 Å². The normalized spacial score (nSPS) is 17.9. The highest BCUT2D eigenvalue weighted by Gasteiger charge is 2.34. The van der Waals surface area contributed by atoms with E-state index < -0.39 is 9.84 Å².